The molecule has 0 bridgehead atoms. The average Bonchev–Trinajstić information content (AvgIpc) is 3.21. The zero-order chi connectivity index (χ0) is 16.2. The molecule has 1 aliphatic heterocycles. The fraction of sp³-hybridized carbons (Fsp3) is 0.267. The van der Waals surface area contributed by atoms with Crippen LogP contribution in [0.15, 0.2) is 23.6 Å². The number of hydrogen-bond acceptors (Lipinski definition) is 6. The molecule has 0 radical (unpaired) electrons. The van der Waals surface area contributed by atoms with Gasteiger partial charge in [0.15, 0.2) is 16.5 Å². The van der Waals surface area contributed by atoms with Gasteiger partial charge in [-0.3, -0.25) is 9.59 Å². The highest BCUT2D eigenvalue weighted by Crippen LogP contribution is 2.32. The van der Waals surface area contributed by atoms with E-state index in [9.17, 15) is 9.59 Å². The predicted molar refractivity (Wildman–Crippen MR) is 83.9 cm³/mol. The van der Waals surface area contributed by atoms with Gasteiger partial charge in [0.25, 0.3) is 11.8 Å². The van der Waals surface area contributed by atoms with Crippen LogP contribution in [0, 0.1) is 0 Å². The van der Waals surface area contributed by atoms with Gasteiger partial charge in [0.1, 0.15) is 5.69 Å². The third-order valence-electron chi connectivity index (χ3n) is 3.16. The third kappa shape index (κ3) is 3.42. The number of aromatic nitrogens is 1. The highest BCUT2D eigenvalue weighted by atomic mass is 32.1. The fourth-order valence-electron chi connectivity index (χ4n) is 2.04. The summed E-state index contributed by atoms with van der Waals surface area (Å²) in [4.78, 5) is 27.8. The standard InChI is InChI=1S/C15H15N3O4S/c1-2-16-14(20)15-18-10(7-23-15)13(19)17-6-9-3-4-11-12(5-9)22-8-21-11/h3-5,7H,2,6,8H2,1H3,(H,16,20)(H,17,19). The van der Waals surface area contributed by atoms with Crippen molar-refractivity contribution < 1.29 is 19.1 Å². The SMILES string of the molecule is CCNC(=O)c1nc(C(=O)NCc2ccc3c(c2)OCO3)cs1. The van der Waals surface area contributed by atoms with Crippen molar-refractivity contribution in [2.45, 2.75) is 13.5 Å². The average molecular weight is 333 g/mol. The van der Waals surface area contributed by atoms with E-state index in [2.05, 4.69) is 15.6 Å². The fourth-order valence-corrected chi connectivity index (χ4v) is 2.76. The molecule has 0 aliphatic carbocycles. The quantitative estimate of drug-likeness (QED) is 0.866. The number of fused-ring (bicyclic) bond motifs is 1. The van der Waals surface area contributed by atoms with Gasteiger partial charge in [-0.15, -0.1) is 11.3 Å². The Hall–Kier alpha value is -2.61. The van der Waals surface area contributed by atoms with Crippen LogP contribution in [-0.4, -0.2) is 30.1 Å². The maximum Gasteiger partial charge on any atom is 0.280 e. The van der Waals surface area contributed by atoms with Crippen LogP contribution in [0.2, 0.25) is 0 Å². The lowest BCUT2D eigenvalue weighted by atomic mass is 10.2. The summed E-state index contributed by atoms with van der Waals surface area (Å²) in [5.41, 5.74) is 1.12. The summed E-state index contributed by atoms with van der Waals surface area (Å²) >= 11 is 1.14. The van der Waals surface area contributed by atoms with E-state index in [1.807, 2.05) is 19.1 Å². The predicted octanol–water partition coefficient (Wildman–Crippen LogP) is 1.55. The molecule has 3 rings (SSSR count). The van der Waals surface area contributed by atoms with Gasteiger partial charge in [-0.25, -0.2) is 4.98 Å². The summed E-state index contributed by atoms with van der Waals surface area (Å²) in [6.45, 7) is 2.89. The first-order chi connectivity index (χ1) is 11.2. The molecule has 2 N–H and O–H groups in total. The molecule has 8 heteroatoms. The highest BCUT2D eigenvalue weighted by molar-refractivity contribution is 7.11. The van der Waals surface area contributed by atoms with Crippen LogP contribution in [0.4, 0.5) is 0 Å². The van der Waals surface area contributed by atoms with Gasteiger partial charge in [0.2, 0.25) is 6.79 Å². The Bertz CT molecular complexity index is 744. The van der Waals surface area contributed by atoms with E-state index < -0.39 is 0 Å². The van der Waals surface area contributed by atoms with Crippen molar-refractivity contribution in [1.29, 1.82) is 0 Å². The molecule has 0 spiro atoms. The first-order valence-electron chi connectivity index (χ1n) is 7.08. The lowest BCUT2D eigenvalue weighted by molar-refractivity contribution is 0.0946. The normalized spacial score (nSPS) is 12.0. The molecule has 2 amide bonds. The molecule has 23 heavy (non-hydrogen) atoms. The van der Waals surface area contributed by atoms with Crippen LogP contribution in [0.5, 0.6) is 11.5 Å². The molecule has 0 saturated carbocycles. The molecule has 120 valence electrons. The zero-order valence-corrected chi connectivity index (χ0v) is 13.2. The number of rotatable bonds is 5. The Morgan fingerprint density at radius 3 is 2.87 bits per heavy atom. The Labute approximate surface area is 136 Å². The summed E-state index contributed by atoms with van der Waals surface area (Å²) in [5.74, 6) is 0.775. The van der Waals surface area contributed by atoms with Gasteiger partial charge in [0, 0.05) is 18.5 Å². The Morgan fingerprint density at radius 2 is 2.04 bits per heavy atom. The van der Waals surface area contributed by atoms with Gasteiger partial charge in [-0.1, -0.05) is 6.07 Å². The molecular formula is C15H15N3O4S. The maximum atomic E-state index is 12.1. The molecular weight excluding hydrogens is 318 g/mol. The molecule has 2 heterocycles. The van der Waals surface area contributed by atoms with Crippen molar-refractivity contribution in [1.82, 2.24) is 15.6 Å². The lowest BCUT2D eigenvalue weighted by Gasteiger charge is -2.04. The summed E-state index contributed by atoms with van der Waals surface area (Å²) in [5, 5.41) is 7.26. The summed E-state index contributed by atoms with van der Waals surface area (Å²) in [7, 11) is 0. The van der Waals surface area contributed by atoms with Gasteiger partial charge in [-0.05, 0) is 24.6 Å². The Kier molecular flexibility index (Phi) is 4.42. The third-order valence-corrected chi connectivity index (χ3v) is 4.00. The topological polar surface area (TPSA) is 89.6 Å². The van der Waals surface area contributed by atoms with E-state index in [1.54, 1.807) is 11.4 Å². The van der Waals surface area contributed by atoms with E-state index in [1.165, 1.54) is 0 Å². The largest absolute Gasteiger partial charge is 0.454 e. The van der Waals surface area contributed by atoms with Crippen LogP contribution < -0.4 is 20.1 Å². The number of nitrogens with zero attached hydrogens (tertiary/aromatic N) is 1. The number of carbonyl (C=O) groups excluding carboxylic acids is 2. The van der Waals surface area contributed by atoms with E-state index >= 15 is 0 Å². The van der Waals surface area contributed by atoms with Crippen LogP contribution >= 0.6 is 11.3 Å². The number of thiazole rings is 1. The number of amides is 2. The van der Waals surface area contributed by atoms with E-state index in [-0.39, 0.29) is 29.3 Å². The Morgan fingerprint density at radius 1 is 1.22 bits per heavy atom. The van der Waals surface area contributed by atoms with E-state index in [0.717, 1.165) is 16.9 Å². The molecule has 2 aromatic rings. The van der Waals surface area contributed by atoms with Gasteiger partial charge in [0.05, 0.1) is 0 Å². The van der Waals surface area contributed by atoms with Crippen molar-refractivity contribution in [2.24, 2.45) is 0 Å². The first-order valence-corrected chi connectivity index (χ1v) is 7.96. The van der Waals surface area contributed by atoms with Crippen molar-refractivity contribution in [2.75, 3.05) is 13.3 Å². The van der Waals surface area contributed by atoms with Crippen LogP contribution in [0.1, 0.15) is 32.8 Å². The van der Waals surface area contributed by atoms with Crippen molar-refractivity contribution in [3.63, 3.8) is 0 Å². The minimum absolute atomic E-state index is 0.215. The number of ether oxygens (including phenoxy) is 2. The van der Waals surface area contributed by atoms with Crippen molar-refractivity contribution in [3.8, 4) is 11.5 Å². The van der Waals surface area contributed by atoms with Gasteiger partial charge in [-0.2, -0.15) is 0 Å². The second-order valence-electron chi connectivity index (χ2n) is 4.77. The van der Waals surface area contributed by atoms with Crippen molar-refractivity contribution in [3.05, 3.63) is 39.8 Å². The monoisotopic (exact) mass is 333 g/mol. The molecule has 1 aromatic heterocycles. The molecule has 1 aliphatic rings. The number of nitrogens with one attached hydrogen (secondary N) is 2. The molecule has 0 unspecified atom stereocenters. The molecule has 1 aromatic carbocycles. The van der Waals surface area contributed by atoms with Gasteiger partial charge < -0.3 is 20.1 Å². The number of carbonyl (C=O) groups is 2. The molecule has 7 nitrogen and oxygen atoms in total. The zero-order valence-electron chi connectivity index (χ0n) is 12.4. The summed E-state index contributed by atoms with van der Waals surface area (Å²) in [6.07, 6.45) is 0. The van der Waals surface area contributed by atoms with E-state index in [0.29, 0.717) is 24.6 Å². The second kappa shape index (κ2) is 6.66. The highest BCUT2D eigenvalue weighted by Gasteiger charge is 2.16. The summed E-state index contributed by atoms with van der Waals surface area (Å²) < 4.78 is 10.5. The minimum atomic E-state index is -0.325. The maximum absolute atomic E-state index is 12.1. The Balaban J connectivity index is 1.60. The lowest BCUT2D eigenvalue weighted by Crippen LogP contribution is -2.25. The minimum Gasteiger partial charge on any atom is -0.454 e. The first kappa shape index (κ1) is 15.3. The molecule has 0 saturated heterocycles. The van der Waals surface area contributed by atoms with E-state index in [4.69, 9.17) is 9.47 Å². The summed E-state index contributed by atoms with van der Waals surface area (Å²) in [6, 6.07) is 5.48. The smallest absolute Gasteiger partial charge is 0.280 e. The van der Waals surface area contributed by atoms with Gasteiger partial charge >= 0.3 is 0 Å². The molecule has 0 fully saturated rings. The van der Waals surface area contributed by atoms with Crippen LogP contribution in [0.25, 0.3) is 0 Å². The number of benzene rings is 1. The van der Waals surface area contributed by atoms with Crippen LogP contribution in [0.3, 0.4) is 0 Å². The second-order valence-corrected chi connectivity index (χ2v) is 5.63. The molecule has 0 atom stereocenters. The number of hydrogen-bond donors (Lipinski definition) is 2. The van der Waals surface area contributed by atoms with Crippen molar-refractivity contribution >= 4 is 23.2 Å². The van der Waals surface area contributed by atoms with Crippen LogP contribution in [-0.2, 0) is 6.54 Å².